The summed E-state index contributed by atoms with van der Waals surface area (Å²) in [4.78, 5) is 18.2. The minimum absolute atomic E-state index is 0.00275. The summed E-state index contributed by atoms with van der Waals surface area (Å²) in [6, 6.07) is 8.46. The van der Waals surface area contributed by atoms with Crippen LogP contribution in [0.5, 0.6) is 0 Å². The Bertz CT molecular complexity index is 1050. The first-order chi connectivity index (χ1) is 13.6. The van der Waals surface area contributed by atoms with Gasteiger partial charge in [-0.05, 0) is 36.9 Å². The van der Waals surface area contributed by atoms with Crippen molar-refractivity contribution < 1.29 is 18.1 Å². The molecule has 152 valence electrons. The summed E-state index contributed by atoms with van der Waals surface area (Å²) in [5, 5.41) is 13.0. The molecule has 0 saturated heterocycles. The quantitative estimate of drug-likeness (QED) is 0.362. The number of alkyl halides is 3. The van der Waals surface area contributed by atoms with Crippen LogP contribution in [0.2, 0.25) is 0 Å². The first-order valence-corrected chi connectivity index (χ1v) is 10.8. The second kappa shape index (κ2) is 8.37. The Balaban J connectivity index is 1.77. The number of nitrogens with zero attached hydrogens (tertiary/aromatic N) is 4. The number of pyridine rings is 1. The van der Waals surface area contributed by atoms with Gasteiger partial charge in [-0.15, -0.1) is 11.3 Å². The molecule has 0 aliphatic rings. The molecule has 0 fully saturated rings. The first kappa shape index (κ1) is 21.1. The number of benzene rings is 1. The monoisotopic (exact) mass is 440 g/mol. The van der Waals surface area contributed by atoms with Gasteiger partial charge in [-0.25, -0.2) is 4.98 Å². The molecule has 2 aromatic heterocycles. The molecule has 3 rings (SSSR count). The van der Waals surface area contributed by atoms with Gasteiger partial charge >= 0.3 is 6.18 Å². The molecule has 0 spiro atoms. The molecule has 3 aromatic rings. The third-order valence-electron chi connectivity index (χ3n) is 4.15. The molecule has 0 bridgehead atoms. The van der Waals surface area contributed by atoms with Gasteiger partial charge in [-0.3, -0.25) is 15.1 Å². The van der Waals surface area contributed by atoms with Crippen molar-refractivity contribution >= 4 is 32.8 Å². The van der Waals surface area contributed by atoms with E-state index in [2.05, 4.69) is 14.3 Å². The molecule has 2 unspecified atom stereocenters. The summed E-state index contributed by atoms with van der Waals surface area (Å²) in [6.45, 7) is 1.88. The first-order valence-electron chi connectivity index (χ1n) is 8.25. The van der Waals surface area contributed by atoms with Crippen molar-refractivity contribution in [1.82, 2.24) is 9.97 Å². The Labute approximate surface area is 170 Å². The Morgan fingerprint density at radius 3 is 2.45 bits per heavy atom. The molecular formula is C18H15F3N4O2S2. The zero-order valence-electron chi connectivity index (χ0n) is 15.3. The van der Waals surface area contributed by atoms with E-state index in [4.69, 9.17) is 0 Å². The van der Waals surface area contributed by atoms with Crippen LogP contribution in [-0.2, 0) is 16.9 Å². The van der Waals surface area contributed by atoms with Gasteiger partial charge in [0.15, 0.2) is 0 Å². The fourth-order valence-electron chi connectivity index (χ4n) is 2.41. The molecule has 0 N–H and O–H groups in total. The van der Waals surface area contributed by atoms with Crippen molar-refractivity contribution in [2.24, 2.45) is 4.36 Å². The lowest BCUT2D eigenvalue weighted by molar-refractivity contribution is -0.384. The minimum Gasteiger partial charge on any atom is -0.258 e. The van der Waals surface area contributed by atoms with E-state index in [-0.39, 0.29) is 10.9 Å². The lowest BCUT2D eigenvalue weighted by Crippen LogP contribution is -2.09. The van der Waals surface area contributed by atoms with Gasteiger partial charge in [-0.2, -0.15) is 17.5 Å². The van der Waals surface area contributed by atoms with Crippen LogP contribution in [0.4, 0.5) is 24.0 Å². The van der Waals surface area contributed by atoms with Crippen molar-refractivity contribution in [3.63, 3.8) is 0 Å². The maximum atomic E-state index is 12.7. The van der Waals surface area contributed by atoms with Crippen LogP contribution in [0.15, 0.2) is 52.3 Å². The molecule has 11 heteroatoms. The predicted molar refractivity (Wildman–Crippen MR) is 107 cm³/mol. The predicted octanol–water partition coefficient (Wildman–Crippen LogP) is 5.96. The molecule has 0 amide bonds. The SMILES string of the molecule is CC(c1ccc(C(F)(F)F)nc1)S(C)=Nc1nc(-c2ccc([N+](=O)[O-])cc2)cs1. The number of rotatable bonds is 5. The second-order valence-corrected chi connectivity index (χ2v) is 8.82. The van der Waals surface area contributed by atoms with Crippen LogP contribution in [0.25, 0.3) is 11.3 Å². The standard InChI is InChI=1S/C18H15F3N4O2S2/c1-11(13-5-8-16(22-9-13)18(19,20)21)29(2)24-17-23-15(10-28-17)12-3-6-14(7-4-12)25(26)27/h3-11H,1-2H3. The Kier molecular flexibility index (Phi) is 6.08. The van der Waals surface area contributed by atoms with E-state index in [0.29, 0.717) is 16.4 Å². The van der Waals surface area contributed by atoms with E-state index < -0.39 is 27.5 Å². The van der Waals surface area contributed by atoms with Crippen LogP contribution in [-0.4, -0.2) is 21.1 Å². The van der Waals surface area contributed by atoms with Gasteiger partial charge in [0.2, 0.25) is 5.13 Å². The molecular weight excluding hydrogens is 425 g/mol. The number of halogens is 3. The lowest BCUT2D eigenvalue weighted by atomic mass is 10.1. The summed E-state index contributed by atoms with van der Waals surface area (Å²) >= 11 is 1.33. The van der Waals surface area contributed by atoms with E-state index in [9.17, 15) is 23.3 Å². The van der Waals surface area contributed by atoms with Gasteiger partial charge in [0, 0.05) is 34.5 Å². The molecule has 2 heterocycles. The van der Waals surface area contributed by atoms with E-state index >= 15 is 0 Å². The Hall–Kier alpha value is -2.66. The fourth-order valence-corrected chi connectivity index (χ4v) is 4.47. The van der Waals surface area contributed by atoms with Crippen LogP contribution in [0.3, 0.4) is 0 Å². The number of aromatic nitrogens is 2. The maximum absolute atomic E-state index is 12.7. The number of non-ortho nitro benzene ring substituents is 1. The zero-order valence-corrected chi connectivity index (χ0v) is 16.9. The fraction of sp³-hybridized carbons (Fsp3) is 0.222. The van der Waals surface area contributed by atoms with Crippen molar-refractivity contribution in [2.45, 2.75) is 18.3 Å². The Morgan fingerprint density at radius 2 is 1.90 bits per heavy atom. The average Bonchev–Trinajstić information content (AvgIpc) is 3.15. The lowest BCUT2D eigenvalue weighted by Gasteiger charge is -2.13. The molecule has 1 aromatic carbocycles. The highest BCUT2D eigenvalue weighted by molar-refractivity contribution is 7.87. The van der Waals surface area contributed by atoms with Crippen molar-refractivity contribution in [2.75, 3.05) is 6.26 Å². The van der Waals surface area contributed by atoms with Crippen molar-refractivity contribution in [3.8, 4) is 11.3 Å². The number of nitro groups is 1. The summed E-state index contributed by atoms with van der Waals surface area (Å²) in [5.74, 6) is 0. The highest BCUT2D eigenvalue weighted by Crippen LogP contribution is 2.31. The number of nitro benzene ring substituents is 1. The summed E-state index contributed by atoms with van der Waals surface area (Å²) in [6.07, 6.45) is -1.35. The van der Waals surface area contributed by atoms with Gasteiger partial charge in [0.25, 0.3) is 5.69 Å². The summed E-state index contributed by atoms with van der Waals surface area (Å²) in [5.41, 5.74) is 1.14. The minimum atomic E-state index is -4.46. The topological polar surface area (TPSA) is 81.3 Å². The molecule has 0 saturated carbocycles. The van der Waals surface area contributed by atoms with E-state index in [1.807, 2.05) is 18.6 Å². The van der Waals surface area contributed by atoms with Gasteiger partial charge in [0.1, 0.15) is 5.69 Å². The van der Waals surface area contributed by atoms with Gasteiger partial charge < -0.3 is 0 Å². The van der Waals surface area contributed by atoms with Crippen molar-refractivity contribution in [3.05, 3.63) is 69.3 Å². The third kappa shape index (κ3) is 5.04. The van der Waals surface area contributed by atoms with Crippen LogP contribution >= 0.6 is 11.3 Å². The molecule has 0 aliphatic heterocycles. The highest BCUT2D eigenvalue weighted by atomic mass is 32.2. The number of hydrogen-bond donors (Lipinski definition) is 0. The molecule has 6 nitrogen and oxygen atoms in total. The second-order valence-electron chi connectivity index (χ2n) is 6.05. The normalized spacial score (nSPS) is 14.0. The summed E-state index contributed by atoms with van der Waals surface area (Å²) in [7, 11) is -0.535. The number of hydrogen-bond acceptors (Lipinski definition) is 6. The van der Waals surface area contributed by atoms with Crippen molar-refractivity contribution in [1.29, 1.82) is 0 Å². The summed E-state index contributed by atoms with van der Waals surface area (Å²) < 4.78 is 42.5. The van der Waals surface area contributed by atoms with Crippen LogP contribution in [0, 0.1) is 10.1 Å². The molecule has 2 atom stereocenters. The average molecular weight is 440 g/mol. The van der Waals surface area contributed by atoms with Gasteiger partial charge in [-0.1, -0.05) is 16.8 Å². The van der Waals surface area contributed by atoms with Crippen LogP contribution in [0.1, 0.15) is 23.4 Å². The van der Waals surface area contributed by atoms with E-state index in [0.717, 1.165) is 11.6 Å². The van der Waals surface area contributed by atoms with Crippen LogP contribution < -0.4 is 0 Å². The molecule has 0 aliphatic carbocycles. The molecule has 29 heavy (non-hydrogen) atoms. The Morgan fingerprint density at radius 1 is 1.21 bits per heavy atom. The van der Waals surface area contributed by atoms with E-state index in [1.54, 1.807) is 12.1 Å². The van der Waals surface area contributed by atoms with E-state index in [1.165, 1.54) is 35.7 Å². The number of thiazole rings is 1. The maximum Gasteiger partial charge on any atom is 0.433 e. The highest BCUT2D eigenvalue weighted by Gasteiger charge is 2.32. The molecule has 0 radical (unpaired) electrons. The largest absolute Gasteiger partial charge is 0.433 e. The zero-order chi connectivity index (χ0) is 21.2. The third-order valence-corrected chi connectivity index (χ3v) is 6.75. The van der Waals surface area contributed by atoms with Gasteiger partial charge in [0.05, 0.1) is 10.6 Å². The smallest absolute Gasteiger partial charge is 0.258 e.